The summed E-state index contributed by atoms with van der Waals surface area (Å²) in [6.45, 7) is 2.22. The zero-order valence-electron chi connectivity index (χ0n) is 12.7. The Morgan fingerprint density at radius 1 is 1.48 bits per heavy atom. The highest BCUT2D eigenvalue weighted by atomic mass is 16.2. The van der Waals surface area contributed by atoms with Gasteiger partial charge in [-0.1, -0.05) is 0 Å². The Morgan fingerprint density at radius 3 is 2.95 bits per heavy atom. The number of amides is 1. The highest BCUT2D eigenvalue weighted by molar-refractivity contribution is 5.92. The third-order valence-corrected chi connectivity index (χ3v) is 3.95. The van der Waals surface area contributed by atoms with E-state index in [0.29, 0.717) is 13.1 Å². The fourth-order valence-corrected chi connectivity index (χ4v) is 2.95. The van der Waals surface area contributed by atoms with Crippen molar-refractivity contribution in [1.82, 2.24) is 23.9 Å². The van der Waals surface area contributed by atoms with Gasteiger partial charge < -0.3 is 18.9 Å². The number of aryl methyl sites for hydroxylation is 1. The van der Waals surface area contributed by atoms with Crippen molar-refractivity contribution in [3.05, 3.63) is 42.2 Å². The van der Waals surface area contributed by atoms with Crippen molar-refractivity contribution in [2.45, 2.75) is 12.6 Å². The Morgan fingerprint density at radius 2 is 2.29 bits per heavy atom. The van der Waals surface area contributed by atoms with E-state index in [1.54, 1.807) is 0 Å². The molecule has 0 spiro atoms. The van der Waals surface area contributed by atoms with E-state index in [1.807, 2.05) is 47.4 Å². The summed E-state index contributed by atoms with van der Waals surface area (Å²) in [5.74, 6) is 0.0821. The van der Waals surface area contributed by atoms with E-state index in [0.717, 1.165) is 17.9 Å². The molecule has 3 heterocycles. The fraction of sp³-hybridized carbons (Fsp3) is 0.467. The summed E-state index contributed by atoms with van der Waals surface area (Å²) in [5.41, 5.74) is 1.82. The minimum Gasteiger partial charge on any atom is -0.347 e. The van der Waals surface area contributed by atoms with Crippen molar-refractivity contribution < 1.29 is 4.79 Å². The predicted molar refractivity (Wildman–Crippen MR) is 80.0 cm³/mol. The molecule has 0 N–H and O–H groups in total. The molecule has 0 bridgehead atoms. The highest BCUT2D eigenvalue weighted by Gasteiger charge is 2.29. The summed E-state index contributed by atoms with van der Waals surface area (Å²) in [5, 5.41) is 0. The maximum atomic E-state index is 12.7. The number of fused-ring (bicyclic) bond motifs is 1. The van der Waals surface area contributed by atoms with Gasteiger partial charge in [0, 0.05) is 32.5 Å². The molecule has 2 aromatic rings. The van der Waals surface area contributed by atoms with Crippen molar-refractivity contribution in [3.63, 3.8) is 0 Å². The van der Waals surface area contributed by atoms with Crippen LogP contribution in [-0.4, -0.2) is 57.0 Å². The lowest BCUT2D eigenvalue weighted by Gasteiger charge is -2.35. The molecule has 0 saturated carbocycles. The molecule has 1 unspecified atom stereocenters. The fourth-order valence-electron chi connectivity index (χ4n) is 2.95. The van der Waals surface area contributed by atoms with Crippen LogP contribution in [0.1, 0.15) is 22.2 Å². The Hall–Kier alpha value is -2.08. The molecule has 21 heavy (non-hydrogen) atoms. The molecular weight excluding hydrogens is 266 g/mol. The first-order valence-electron chi connectivity index (χ1n) is 7.12. The van der Waals surface area contributed by atoms with E-state index in [1.165, 1.54) is 0 Å². The van der Waals surface area contributed by atoms with Gasteiger partial charge in [-0.15, -0.1) is 0 Å². The van der Waals surface area contributed by atoms with Gasteiger partial charge in [-0.25, -0.2) is 4.98 Å². The largest absolute Gasteiger partial charge is 0.347 e. The van der Waals surface area contributed by atoms with Crippen molar-refractivity contribution >= 4 is 5.91 Å². The standard InChI is InChI=1S/C15H21N5O/c1-17(2)8-13-10-19(9-12-7-16-11-20(12)13)15(21)14-5-4-6-18(14)3/h4-7,11,13H,8-10H2,1-3H3. The van der Waals surface area contributed by atoms with Crippen LogP contribution in [-0.2, 0) is 13.6 Å². The quantitative estimate of drug-likeness (QED) is 0.845. The first-order chi connectivity index (χ1) is 10.1. The van der Waals surface area contributed by atoms with Gasteiger partial charge in [0.15, 0.2) is 0 Å². The van der Waals surface area contributed by atoms with Gasteiger partial charge in [0.25, 0.3) is 5.91 Å². The molecule has 1 amide bonds. The third-order valence-electron chi connectivity index (χ3n) is 3.95. The SMILES string of the molecule is CN(C)CC1CN(C(=O)c2cccn2C)Cc2cncn21. The second kappa shape index (κ2) is 5.37. The molecule has 1 atom stereocenters. The average Bonchev–Trinajstić information content (AvgIpc) is 3.05. The zero-order chi connectivity index (χ0) is 15.0. The summed E-state index contributed by atoms with van der Waals surface area (Å²) in [7, 11) is 6.00. The van der Waals surface area contributed by atoms with Crippen molar-refractivity contribution in [1.29, 1.82) is 0 Å². The lowest BCUT2D eigenvalue weighted by molar-refractivity contribution is 0.0654. The van der Waals surface area contributed by atoms with Gasteiger partial charge in [-0.3, -0.25) is 4.79 Å². The Labute approximate surface area is 124 Å². The highest BCUT2D eigenvalue weighted by Crippen LogP contribution is 2.23. The first kappa shape index (κ1) is 13.9. The number of nitrogens with zero attached hydrogens (tertiary/aromatic N) is 5. The number of carbonyl (C=O) groups is 1. The van der Waals surface area contributed by atoms with Crippen LogP contribution in [0, 0.1) is 0 Å². The molecule has 6 nitrogen and oxygen atoms in total. The molecule has 6 heteroatoms. The van der Waals surface area contributed by atoms with Crippen LogP contribution in [0.3, 0.4) is 0 Å². The van der Waals surface area contributed by atoms with Gasteiger partial charge in [0.05, 0.1) is 24.6 Å². The average molecular weight is 287 g/mol. The van der Waals surface area contributed by atoms with Gasteiger partial charge in [-0.05, 0) is 26.2 Å². The van der Waals surface area contributed by atoms with E-state index in [4.69, 9.17) is 0 Å². The topological polar surface area (TPSA) is 46.3 Å². The van der Waals surface area contributed by atoms with Crippen molar-refractivity contribution in [2.75, 3.05) is 27.2 Å². The summed E-state index contributed by atoms with van der Waals surface area (Å²) in [6.07, 6.45) is 5.62. The van der Waals surface area contributed by atoms with Crippen molar-refractivity contribution in [2.24, 2.45) is 7.05 Å². The molecule has 3 rings (SSSR count). The number of carbonyl (C=O) groups excluding carboxylic acids is 1. The van der Waals surface area contributed by atoms with Gasteiger partial charge in [0.1, 0.15) is 5.69 Å². The third kappa shape index (κ3) is 2.58. The number of hydrogen-bond acceptors (Lipinski definition) is 3. The number of imidazole rings is 1. The smallest absolute Gasteiger partial charge is 0.270 e. The summed E-state index contributed by atoms with van der Waals surface area (Å²) in [6, 6.07) is 4.02. The minimum atomic E-state index is 0.0821. The van der Waals surface area contributed by atoms with Gasteiger partial charge in [-0.2, -0.15) is 0 Å². The number of likely N-dealkylation sites (N-methyl/N-ethyl adjacent to an activating group) is 1. The Kier molecular flexibility index (Phi) is 3.55. The molecule has 1 aliphatic heterocycles. The molecule has 0 radical (unpaired) electrons. The molecule has 1 aliphatic rings. The second-order valence-corrected chi connectivity index (χ2v) is 5.90. The number of rotatable bonds is 3. The maximum Gasteiger partial charge on any atom is 0.270 e. The normalized spacial score (nSPS) is 18.1. The second-order valence-electron chi connectivity index (χ2n) is 5.90. The van der Waals surface area contributed by atoms with E-state index in [2.05, 4.69) is 28.5 Å². The van der Waals surface area contributed by atoms with Crippen LogP contribution < -0.4 is 0 Å². The Balaban J connectivity index is 1.86. The molecule has 0 saturated heterocycles. The molecule has 2 aromatic heterocycles. The monoisotopic (exact) mass is 287 g/mol. The van der Waals surface area contributed by atoms with Crippen LogP contribution in [0.2, 0.25) is 0 Å². The van der Waals surface area contributed by atoms with Gasteiger partial charge >= 0.3 is 0 Å². The van der Waals surface area contributed by atoms with Crippen LogP contribution in [0.25, 0.3) is 0 Å². The number of aromatic nitrogens is 3. The molecule has 0 fully saturated rings. The van der Waals surface area contributed by atoms with Crippen LogP contribution in [0.4, 0.5) is 0 Å². The number of hydrogen-bond donors (Lipinski definition) is 0. The lowest BCUT2D eigenvalue weighted by atomic mass is 10.1. The predicted octanol–water partition coefficient (Wildman–Crippen LogP) is 0.980. The van der Waals surface area contributed by atoms with E-state index >= 15 is 0 Å². The zero-order valence-corrected chi connectivity index (χ0v) is 12.7. The maximum absolute atomic E-state index is 12.7. The van der Waals surface area contributed by atoms with Crippen molar-refractivity contribution in [3.8, 4) is 0 Å². The van der Waals surface area contributed by atoms with E-state index < -0.39 is 0 Å². The minimum absolute atomic E-state index is 0.0821. The van der Waals surface area contributed by atoms with E-state index in [-0.39, 0.29) is 11.9 Å². The summed E-state index contributed by atoms with van der Waals surface area (Å²) < 4.78 is 4.06. The first-order valence-corrected chi connectivity index (χ1v) is 7.12. The molecule has 112 valence electrons. The lowest BCUT2D eigenvalue weighted by Crippen LogP contribution is -2.44. The summed E-state index contributed by atoms with van der Waals surface area (Å²) >= 11 is 0. The van der Waals surface area contributed by atoms with Crippen LogP contribution in [0.5, 0.6) is 0 Å². The summed E-state index contributed by atoms with van der Waals surface area (Å²) in [4.78, 5) is 21.0. The van der Waals surface area contributed by atoms with Gasteiger partial charge in [0.2, 0.25) is 0 Å². The molecular formula is C15H21N5O. The Bertz CT molecular complexity index is 642. The molecule has 0 aliphatic carbocycles. The van der Waals surface area contributed by atoms with Crippen LogP contribution in [0.15, 0.2) is 30.9 Å². The molecule has 0 aromatic carbocycles. The van der Waals surface area contributed by atoms with E-state index in [9.17, 15) is 4.79 Å². The van der Waals surface area contributed by atoms with Crippen LogP contribution >= 0.6 is 0 Å².